The summed E-state index contributed by atoms with van der Waals surface area (Å²) in [4.78, 5) is 4.91. The van der Waals surface area contributed by atoms with Crippen LogP contribution in [0, 0.1) is 0 Å². The van der Waals surface area contributed by atoms with Crippen LogP contribution in [0.5, 0.6) is 0 Å². The van der Waals surface area contributed by atoms with Crippen LogP contribution in [-0.4, -0.2) is 59.4 Å². The van der Waals surface area contributed by atoms with Crippen molar-refractivity contribution in [1.29, 1.82) is 0 Å². The first-order chi connectivity index (χ1) is 8.65. The smallest absolute Gasteiger partial charge is 0.145 e. The quantitative estimate of drug-likeness (QED) is 0.844. The molecule has 2 rings (SSSR count). The van der Waals surface area contributed by atoms with E-state index in [1.54, 1.807) is 0 Å². The van der Waals surface area contributed by atoms with Crippen molar-refractivity contribution in [3.63, 3.8) is 0 Å². The van der Waals surface area contributed by atoms with Crippen LogP contribution in [0.1, 0.15) is 19.3 Å². The lowest BCUT2D eigenvalue weighted by molar-refractivity contribution is 0.142. The minimum absolute atomic E-state index is 0.610. The third kappa shape index (κ3) is 3.71. The average molecular weight is 251 g/mol. The molecule has 1 aromatic heterocycles. The fraction of sp³-hybridized carbons (Fsp3) is 0.769. The standard InChI is InChI=1S/C13H25N5/c1-16-9-4-12(5-10-16)17(2)7-3-8-18-11-6-13(14)15-18/h6,11-12H,3-5,7-10H2,1-2H3,(H2,14,15). The Hall–Kier alpha value is -1.07. The predicted molar refractivity (Wildman–Crippen MR) is 74.4 cm³/mol. The van der Waals surface area contributed by atoms with Gasteiger partial charge in [-0.2, -0.15) is 5.10 Å². The van der Waals surface area contributed by atoms with Gasteiger partial charge in [-0.25, -0.2) is 0 Å². The minimum atomic E-state index is 0.610. The summed E-state index contributed by atoms with van der Waals surface area (Å²) in [6.07, 6.45) is 5.66. The number of hydrogen-bond acceptors (Lipinski definition) is 4. The molecule has 1 aliphatic rings. The maximum atomic E-state index is 5.59. The predicted octanol–water partition coefficient (Wildman–Crippen LogP) is 0.881. The van der Waals surface area contributed by atoms with Gasteiger partial charge in [0.1, 0.15) is 5.82 Å². The number of aryl methyl sites for hydroxylation is 1. The number of hydrogen-bond donors (Lipinski definition) is 1. The summed E-state index contributed by atoms with van der Waals surface area (Å²) in [5, 5.41) is 4.20. The molecule has 0 radical (unpaired) electrons. The zero-order valence-corrected chi connectivity index (χ0v) is 11.5. The van der Waals surface area contributed by atoms with Crippen LogP contribution in [0.25, 0.3) is 0 Å². The van der Waals surface area contributed by atoms with Crippen molar-refractivity contribution < 1.29 is 0 Å². The van der Waals surface area contributed by atoms with Crippen molar-refractivity contribution in [1.82, 2.24) is 19.6 Å². The van der Waals surface area contributed by atoms with E-state index in [0.29, 0.717) is 5.82 Å². The molecule has 0 unspecified atom stereocenters. The fourth-order valence-electron chi connectivity index (χ4n) is 2.60. The molecule has 0 bridgehead atoms. The number of nitrogens with two attached hydrogens (primary N) is 1. The molecule has 5 heteroatoms. The van der Waals surface area contributed by atoms with E-state index in [0.717, 1.165) is 25.6 Å². The second kappa shape index (κ2) is 6.20. The van der Waals surface area contributed by atoms with Crippen molar-refractivity contribution in [2.24, 2.45) is 0 Å². The first-order valence-electron chi connectivity index (χ1n) is 6.83. The van der Waals surface area contributed by atoms with Crippen LogP contribution >= 0.6 is 0 Å². The molecule has 2 heterocycles. The first-order valence-corrected chi connectivity index (χ1v) is 6.83. The molecule has 0 amide bonds. The molecular formula is C13H25N5. The van der Waals surface area contributed by atoms with Gasteiger partial charge in [0.2, 0.25) is 0 Å². The Morgan fingerprint density at radius 3 is 2.78 bits per heavy atom. The van der Waals surface area contributed by atoms with Crippen LogP contribution in [0.2, 0.25) is 0 Å². The Labute approximate surface area is 110 Å². The summed E-state index contributed by atoms with van der Waals surface area (Å²) in [6.45, 7) is 4.54. The van der Waals surface area contributed by atoms with Crippen molar-refractivity contribution in [2.45, 2.75) is 31.8 Å². The second-order valence-corrected chi connectivity index (χ2v) is 5.37. The highest BCUT2D eigenvalue weighted by atomic mass is 15.3. The maximum Gasteiger partial charge on any atom is 0.145 e. The number of anilines is 1. The third-order valence-electron chi connectivity index (χ3n) is 3.87. The topological polar surface area (TPSA) is 50.3 Å². The van der Waals surface area contributed by atoms with Gasteiger partial charge in [0, 0.05) is 18.8 Å². The van der Waals surface area contributed by atoms with Crippen molar-refractivity contribution in [3.8, 4) is 0 Å². The van der Waals surface area contributed by atoms with Crippen LogP contribution in [-0.2, 0) is 6.54 Å². The highest BCUT2D eigenvalue weighted by Gasteiger charge is 2.19. The van der Waals surface area contributed by atoms with Gasteiger partial charge in [-0.3, -0.25) is 4.68 Å². The third-order valence-corrected chi connectivity index (χ3v) is 3.87. The summed E-state index contributed by atoms with van der Waals surface area (Å²) in [6, 6.07) is 2.60. The van der Waals surface area contributed by atoms with Crippen molar-refractivity contribution in [2.75, 3.05) is 39.5 Å². The van der Waals surface area contributed by atoms with Gasteiger partial charge in [-0.05, 0) is 59.1 Å². The molecule has 1 saturated heterocycles. The van der Waals surface area contributed by atoms with Crippen molar-refractivity contribution in [3.05, 3.63) is 12.3 Å². The lowest BCUT2D eigenvalue weighted by atomic mass is 10.0. The van der Waals surface area contributed by atoms with E-state index in [9.17, 15) is 0 Å². The molecule has 18 heavy (non-hydrogen) atoms. The molecule has 0 saturated carbocycles. The van der Waals surface area contributed by atoms with Crippen molar-refractivity contribution >= 4 is 5.82 Å². The summed E-state index contributed by atoms with van der Waals surface area (Å²) in [5.41, 5.74) is 5.59. The molecule has 1 aliphatic heterocycles. The maximum absolute atomic E-state index is 5.59. The summed E-state index contributed by atoms with van der Waals surface area (Å²) in [5.74, 6) is 0.610. The number of rotatable bonds is 5. The van der Waals surface area contributed by atoms with Gasteiger partial charge in [-0.15, -0.1) is 0 Å². The summed E-state index contributed by atoms with van der Waals surface area (Å²) < 4.78 is 1.93. The zero-order chi connectivity index (χ0) is 13.0. The second-order valence-electron chi connectivity index (χ2n) is 5.37. The van der Waals surface area contributed by atoms with Crippen LogP contribution < -0.4 is 5.73 Å². The van der Waals surface area contributed by atoms with E-state index in [-0.39, 0.29) is 0 Å². The SMILES string of the molecule is CN1CCC(N(C)CCCn2ccc(N)n2)CC1. The van der Waals surface area contributed by atoms with Gasteiger partial charge in [0.25, 0.3) is 0 Å². The molecule has 0 aliphatic carbocycles. The monoisotopic (exact) mass is 251 g/mol. The van der Waals surface area contributed by atoms with Gasteiger partial charge in [0.15, 0.2) is 0 Å². The molecule has 102 valence electrons. The van der Waals surface area contributed by atoms with Crippen LogP contribution in [0.4, 0.5) is 5.82 Å². The summed E-state index contributed by atoms with van der Waals surface area (Å²) >= 11 is 0. The molecule has 5 nitrogen and oxygen atoms in total. The highest BCUT2D eigenvalue weighted by molar-refractivity contribution is 5.23. The molecule has 1 fully saturated rings. The Morgan fingerprint density at radius 1 is 1.44 bits per heavy atom. The lowest BCUT2D eigenvalue weighted by Crippen LogP contribution is -2.42. The van der Waals surface area contributed by atoms with E-state index < -0.39 is 0 Å². The van der Waals surface area contributed by atoms with E-state index in [2.05, 4.69) is 29.0 Å². The number of likely N-dealkylation sites (tertiary alicyclic amines) is 1. The minimum Gasteiger partial charge on any atom is -0.382 e. The number of nitrogens with zero attached hydrogens (tertiary/aromatic N) is 4. The Morgan fingerprint density at radius 2 is 2.17 bits per heavy atom. The number of aromatic nitrogens is 2. The van der Waals surface area contributed by atoms with E-state index in [1.165, 1.54) is 25.9 Å². The molecule has 0 spiro atoms. The lowest BCUT2D eigenvalue weighted by Gasteiger charge is -2.35. The Balaban J connectivity index is 1.67. The largest absolute Gasteiger partial charge is 0.382 e. The molecule has 1 aromatic rings. The van der Waals surface area contributed by atoms with Gasteiger partial charge in [-0.1, -0.05) is 0 Å². The summed E-state index contributed by atoms with van der Waals surface area (Å²) in [7, 11) is 4.45. The average Bonchev–Trinajstić information content (AvgIpc) is 2.76. The van der Waals surface area contributed by atoms with Gasteiger partial charge in [0.05, 0.1) is 0 Å². The first kappa shape index (κ1) is 13.4. The van der Waals surface area contributed by atoms with E-state index >= 15 is 0 Å². The molecular weight excluding hydrogens is 226 g/mol. The number of piperidine rings is 1. The van der Waals surface area contributed by atoms with E-state index in [4.69, 9.17) is 5.73 Å². The normalized spacial score (nSPS) is 18.6. The molecule has 0 aromatic carbocycles. The van der Waals surface area contributed by atoms with Gasteiger partial charge >= 0.3 is 0 Å². The van der Waals surface area contributed by atoms with Gasteiger partial charge < -0.3 is 15.5 Å². The van der Waals surface area contributed by atoms with E-state index in [1.807, 2.05) is 16.9 Å². The highest BCUT2D eigenvalue weighted by Crippen LogP contribution is 2.14. The zero-order valence-electron chi connectivity index (χ0n) is 11.5. The Bertz CT molecular complexity index is 354. The molecule has 2 N–H and O–H groups in total. The van der Waals surface area contributed by atoms with Crippen LogP contribution in [0.15, 0.2) is 12.3 Å². The number of nitrogen functional groups attached to an aromatic ring is 1. The Kier molecular flexibility index (Phi) is 4.60. The fourth-order valence-corrected chi connectivity index (χ4v) is 2.60. The molecule has 0 atom stereocenters. The van der Waals surface area contributed by atoms with Crippen LogP contribution in [0.3, 0.4) is 0 Å².